The highest BCUT2D eigenvalue weighted by molar-refractivity contribution is 5.91. The van der Waals surface area contributed by atoms with Gasteiger partial charge in [0.15, 0.2) is 11.2 Å². The standard InChI is InChI=1S/C74H88O20/c1-57-69-67(73(93-57,59-15-7-3-8-16-59)60-17-9-4-10-18-60)55-85-41-39-77-31-33-79-43-49-87-63-23-25-64(26-24-63)88-50-44-80-34-32-78-40-42-86-56-68-70(58(2)94-74(68,61-19-11-5-12-20-61)62-21-13-6-14-22-62)72(76)92-54-48-84-38-36-82-46-52-90-66-29-27-65(28-30-66)89-51-45-81-35-37-83-47-53-91-71(69)75/h3-30,67-68H,31-56H2,1-2H3. The van der Waals surface area contributed by atoms with E-state index >= 15 is 0 Å². The van der Waals surface area contributed by atoms with Crippen LogP contribution in [0.2, 0.25) is 0 Å². The summed E-state index contributed by atoms with van der Waals surface area (Å²) in [5.74, 6) is 1.50. The maximum atomic E-state index is 14.0. The Labute approximate surface area is 551 Å². The Bertz CT molecular complexity index is 2890. The first-order valence-electron chi connectivity index (χ1n) is 32.2. The van der Waals surface area contributed by atoms with E-state index in [-0.39, 0.29) is 52.9 Å². The van der Waals surface area contributed by atoms with Crippen molar-refractivity contribution in [3.8, 4) is 23.0 Å². The van der Waals surface area contributed by atoms with E-state index in [4.69, 9.17) is 85.3 Å². The van der Waals surface area contributed by atoms with Crippen LogP contribution in [0.4, 0.5) is 0 Å². The molecule has 6 aliphatic heterocycles. The van der Waals surface area contributed by atoms with Crippen molar-refractivity contribution in [3.05, 3.63) is 215 Å². The summed E-state index contributed by atoms with van der Waals surface area (Å²) in [6, 6.07) is 54.1. The van der Waals surface area contributed by atoms with Crippen LogP contribution < -0.4 is 18.9 Å². The predicted octanol–water partition coefficient (Wildman–Crippen LogP) is 9.90. The van der Waals surface area contributed by atoms with Crippen molar-refractivity contribution >= 4 is 11.9 Å². The zero-order valence-corrected chi connectivity index (χ0v) is 53.9. The molecule has 0 aliphatic carbocycles. The molecule has 12 rings (SSSR count). The highest BCUT2D eigenvalue weighted by Crippen LogP contribution is 2.53. The summed E-state index contributed by atoms with van der Waals surface area (Å²) in [5, 5.41) is 0. The molecule has 504 valence electrons. The van der Waals surface area contributed by atoms with Crippen molar-refractivity contribution in [1.29, 1.82) is 0 Å². The van der Waals surface area contributed by atoms with Gasteiger partial charge in [0.25, 0.3) is 0 Å². The molecule has 0 radical (unpaired) electrons. The van der Waals surface area contributed by atoms with E-state index < -0.39 is 35.0 Å². The third-order valence-electron chi connectivity index (χ3n) is 15.7. The number of hydrogen-bond donors (Lipinski definition) is 0. The van der Waals surface area contributed by atoms with Crippen LogP contribution in [0.1, 0.15) is 36.1 Å². The van der Waals surface area contributed by atoms with Crippen LogP contribution in [-0.2, 0) is 87.1 Å². The summed E-state index contributed by atoms with van der Waals surface area (Å²) in [6.07, 6.45) is 0. The molecule has 0 spiro atoms. The molecule has 6 aromatic rings. The lowest BCUT2D eigenvalue weighted by atomic mass is 9.74. The summed E-state index contributed by atoms with van der Waals surface area (Å²) in [6.45, 7) is 10.9. The van der Waals surface area contributed by atoms with E-state index in [9.17, 15) is 9.59 Å². The van der Waals surface area contributed by atoms with Crippen LogP contribution in [0, 0.1) is 11.8 Å². The van der Waals surface area contributed by atoms with E-state index in [0.29, 0.717) is 165 Å². The van der Waals surface area contributed by atoms with Crippen LogP contribution in [0.25, 0.3) is 0 Å². The van der Waals surface area contributed by atoms with Gasteiger partial charge in [0.2, 0.25) is 0 Å². The second-order valence-electron chi connectivity index (χ2n) is 21.8. The van der Waals surface area contributed by atoms with Gasteiger partial charge in [-0.1, -0.05) is 121 Å². The first-order chi connectivity index (χ1) is 46.4. The SMILES string of the molecule is CC1=C2C(=O)OCCOCCOCCOc3ccc(cc3)OCCOCCOCCOC(=O)C3=C(C)OC(c4ccccc4)(c4ccccc4)C3COCCOCCOCCOc3ccc(cc3)OCCOCCOCCOCC2C(c2ccccc2)(c2ccccc2)O1. The van der Waals surface area contributed by atoms with E-state index in [1.807, 2.05) is 170 Å². The van der Waals surface area contributed by atoms with Gasteiger partial charge < -0.3 is 85.3 Å². The molecule has 6 aliphatic rings. The minimum atomic E-state index is -1.06. The first-order valence-corrected chi connectivity index (χ1v) is 32.2. The number of ether oxygens (including phenoxy) is 18. The van der Waals surface area contributed by atoms with Gasteiger partial charge in [-0.25, -0.2) is 9.59 Å². The predicted molar refractivity (Wildman–Crippen MR) is 347 cm³/mol. The van der Waals surface area contributed by atoms with Crippen molar-refractivity contribution in [3.63, 3.8) is 0 Å². The number of benzene rings is 6. The molecule has 0 N–H and O–H groups in total. The summed E-state index contributed by atoms with van der Waals surface area (Å²) >= 11 is 0. The van der Waals surface area contributed by atoms with Gasteiger partial charge in [0, 0.05) is 22.3 Å². The van der Waals surface area contributed by atoms with Crippen LogP contribution >= 0.6 is 0 Å². The molecule has 20 nitrogen and oxygen atoms in total. The lowest BCUT2D eigenvalue weighted by Crippen LogP contribution is -2.39. The van der Waals surface area contributed by atoms with Crippen LogP contribution in [0.3, 0.4) is 0 Å². The van der Waals surface area contributed by atoms with Crippen molar-refractivity contribution < 1.29 is 94.9 Å². The van der Waals surface area contributed by atoms with Gasteiger partial charge in [-0.3, -0.25) is 0 Å². The monoisotopic (exact) mass is 1300 g/mol. The number of carbonyl (C=O) groups excluding carboxylic acids is 2. The molecule has 0 saturated carbocycles. The highest BCUT2D eigenvalue weighted by atomic mass is 16.6. The fourth-order valence-electron chi connectivity index (χ4n) is 11.3. The molecule has 94 heavy (non-hydrogen) atoms. The maximum absolute atomic E-state index is 14.0. The van der Waals surface area contributed by atoms with Crippen molar-refractivity contribution in [2.24, 2.45) is 11.8 Å². The van der Waals surface area contributed by atoms with Crippen LogP contribution in [0.5, 0.6) is 23.0 Å². The van der Waals surface area contributed by atoms with Gasteiger partial charge in [-0.2, -0.15) is 0 Å². The number of carbonyl (C=O) groups is 2. The largest absolute Gasteiger partial charge is 0.491 e. The molecular formula is C74H88O20. The minimum absolute atomic E-state index is 0.0267. The fourth-order valence-corrected chi connectivity index (χ4v) is 11.3. The normalized spacial score (nSPS) is 21.2. The Morgan fingerprint density at radius 1 is 0.255 bits per heavy atom. The van der Waals surface area contributed by atoms with E-state index in [0.717, 1.165) is 22.3 Å². The number of hydrogen-bond acceptors (Lipinski definition) is 20. The first kappa shape index (κ1) is 70.5. The van der Waals surface area contributed by atoms with Crippen LogP contribution in [-0.4, -0.2) is 184 Å². The molecule has 6 aromatic carbocycles. The van der Waals surface area contributed by atoms with Gasteiger partial charge in [0.1, 0.15) is 74.2 Å². The molecule has 6 heterocycles. The van der Waals surface area contributed by atoms with Gasteiger partial charge >= 0.3 is 11.9 Å². The Hall–Kier alpha value is -7.86. The molecule has 0 aromatic heterocycles. The quantitative estimate of drug-likeness (QED) is 0.151. The van der Waals surface area contributed by atoms with E-state index in [1.165, 1.54) is 0 Å². The number of rotatable bonds is 4. The zero-order chi connectivity index (χ0) is 65.1. The van der Waals surface area contributed by atoms with Crippen LogP contribution in [0.15, 0.2) is 193 Å². The van der Waals surface area contributed by atoms with E-state index in [2.05, 4.69) is 0 Å². The molecule has 2 unspecified atom stereocenters. The highest BCUT2D eigenvalue weighted by Gasteiger charge is 2.55. The Kier molecular flexibility index (Phi) is 29.3. The fraction of sp³-hybridized carbons (Fsp3) is 0.432. The Balaban J connectivity index is 0.739. The Morgan fingerprint density at radius 2 is 0.457 bits per heavy atom. The summed E-state index contributed by atoms with van der Waals surface area (Å²) in [4.78, 5) is 28.1. The summed E-state index contributed by atoms with van der Waals surface area (Å²) < 4.78 is 108. The molecule has 2 atom stereocenters. The average molecular weight is 1300 g/mol. The average Bonchev–Trinajstić information content (AvgIpc) is 1.57. The topological polar surface area (TPSA) is 200 Å². The summed E-state index contributed by atoms with van der Waals surface area (Å²) in [5.41, 5.74) is 2.17. The third kappa shape index (κ3) is 20.6. The van der Waals surface area contributed by atoms with Gasteiger partial charge in [0.05, 0.1) is 155 Å². The lowest BCUT2D eigenvalue weighted by Gasteiger charge is -2.36. The second-order valence-corrected chi connectivity index (χ2v) is 21.8. The second kappa shape index (κ2) is 39.1. The molecule has 0 amide bonds. The van der Waals surface area contributed by atoms with Gasteiger partial charge in [-0.05, 0) is 62.4 Å². The van der Waals surface area contributed by atoms with Crippen molar-refractivity contribution in [2.45, 2.75) is 25.0 Å². The molecule has 4 bridgehead atoms. The Morgan fingerprint density at radius 3 is 0.691 bits per heavy atom. The number of esters is 2. The molecule has 0 saturated heterocycles. The van der Waals surface area contributed by atoms with Gasteiger partial charge in [-0.15, -0.1) is 0 Å². The third-order valence-corrected chi connectivity index (χ3v) is 15.7. The minimum Gasteiger partial charge on any atom is -0.491 e. The van der Waals surface area contributed by atoms with Crippen molar-refractivity contribution in [2.75, 3.05) is 172 Å². The number of allylic oxidation sites excluding steroid dienone is 2. The molecule has 20 heteroatoms. The summed E-state index contributed by atoms with van der Waals surface area (Å²) in [7, 11) is 0. The van der Waals surface area contributed by atoms with E-state index in [1.54, 1.807) is 13.8 Å². The molecular weight excluding hydrogens is 1210 g/mol. The zero-order valence-electron chi connectivity index (χ0n) is 53.9. The molecule has 0 fully saturated rings. The smallest absolute Gasteiger partial charge is 0.338 e. The lowest BCUT2D eigenvalue weighted by molar-refractivity contribution is -0.142. The van der Waals surface area contributed by atoms with Crippen molar-refractivity contribution in [1.82, 2.24) is 0 Å². The maximum Gasteiger partial charge on any atom is 0.338 e.